The zero-order valence-electron chi connectivity index (χ0n) is 13.4. The van der Waals surface area contributed by atoms with Crippen LogP contribution in [0.3, 0.4) is 0 Å². The minimum Gasteiger partial charge on any atom is -0.321 e. The predicted octanol–water partition coefficient (Wildman–Crippen LogP) is 2.68. The number of nitrogens with one attached hydrogen (secondary N) is 1. The fourth-order valence-corrected chi connectivity index (χ4v) is 2.48. The summed E-state index contributed by atoms with van der Waals surface area (Å²) in [5, 5.41) is 8.76. The highest BCUT2D eigenvalue weighted by Gasteiger charge is 2.13. The summed E-state index contributed by atoms with van der Waals surface area (Å²) < 4.78 is 3.88. The Morgan fingerprint density at radius 2 is 2.05 bits per heavy atom. The number of imidazole rings is 1. The minimum absolute atomic E-state index is 0.639. The van der Waals surface area contributed by atoms with E-state index in [2.05, 4.69) is 43.1 Å². The maximum Gasteiger partial charge on any atom is 0.131 e. The topological polar surface area (TPSA) is 47.7 Å². The van der Waals surface area contributed by atoms with Gasteiger partial charge in [0.05, 0.1) is 18.4 Å². The highest BCUT2D eigenvalue weighted by molar-refractivity contribution is 6.29. The Balaban J connectivity index is 2.13. The first-order valence-corrected chi connectivity index (χ1v) is 7.67. The largest absolute Gasteiger partial charge is 0.321 e. The standard InChI is InChI=1S/C15H24ClN5/c1-10(2)6-17-7-13-11(3)19-21(12(13)4)9-15-18-8-14(16)20(15)5/h8,10,17H,6-7,9H2,1-5H3. The normalized spacial score (nSPS) is 11.6. The molecule has 21 heavy (non-hydrogen) atoms. The SMILES string of the molecule is Cc1nn(Cc2ncc(Cl)n2C)c(C)c1CNCC(C)C. The maximum atomic E-state index is 6.03. The lowest BCUT2D eigenvalue weighted by Gasteiger charge is -2.08. The molecule has 0 spiro atoms. The predicted molar refractivity (Wildman–Crippen MR) is 85.6 cm³/mol. The van der Waals surface area contributed by atoms with Gasteiger partial charge in [0, 0.05) is 24.8 Å². The van der Waals surface area contributed by atoms with E-state index in [1.807, 2.05) is 16.3 Å². The number of aromatic nitrogens is 4. The Labute approximate surface area is 131 Å². The van der Waals surface area contributed by atoms with Crippen LogP contribution in [0.15, 0.2) is 6.20 Å². The summed E-state index contributed by atoms with van der Waals surface area (Å²) in [7, 11) is 1.92. The molecule has 2 rings (SSSR count). The van der Waals surface area contributed by atoms with Crippen molar-refractivity contribution >= 4 is 11.6 Å². The fourth-order valence-electron chi connectivity index (χ4n) is 2.33. The van der Waals surface area contributed by atoms with Gasteiger partial charge in [-0.2, -0.15) is 5.10 Å². The van der Waals surface area contributed by atoms with Gasteiger partial charge < -0.3 is 9.88 Å². The van der Waals surface area contributed by atoms with Crippen molar-refractivity contribution in [2.24, 2.45) is 13.0 Å². The highest BCUT2D eigenvalue weighted by Crippen LogP contribution is 2.16. The molecular formula is C15H24ClN5. The van der Waals surface area contributed by atoms with Crippen molar-refractivity contribution in [2.75, 3.05) is 6.54 Å². The van der Waals surface area contributed by atoms with Crippen LogP contribution in [0.25, 0.3) is 0 Å². The minimum atomic E-state index is 0.639. The van der Waals surface area contributed by atoms with Gasteiger partial charge in [-0.15, -0.1) is 0 Å². The summed E-state index contributed by atoms with van der Waals surface area (Å²) in [5.41, 5.74) is 3.53. The van der Waals surface area contributed by atoms with Gasteiger partial charge in [0.2, 0.25) is 0 Å². The van der Waals surface area contributed by atoms with Gasteiger partial charge in [-0.25, -0.2) is 4.98 Å². The van der Waals surface area contributed by atoms with E-state index in [9.17, 15) is 0 Å². The number of halogens is 1. The first-order valence-electron chi connectivity index (χ1n) is 7.29. The molecule has 2 heterocycles. The molecule has 0 aliphatic heterocycles. The van der Waals surface area contributed by atoms with E-state index in [4.69, 9.17) is 11.6 Å². The van der Waals surface area contributed by atoms with E-state index in [0.29, 0.717) is 17.6 Å². The third kappa shape index (κ3) is 3.66. The maximum absolute atomic E-state index is 6.03. The fraction of sp³-hybridized carbons (Fsp3) is 0.600. The smallest absolute Gasteiger partial charge is 0.131 e. The van der Waals surface area contributed by atoms with Crippen LogP contribution in [0.5, 0.6) is 0 Å². The Kier molecular flexibility index (Phi) is 5.06. The van der Waals surface area contributed by atoms with E-state index in [1.165, 1.54) is 11.3 Å². The van der Waals surface area contributed by atoms with Gasteiger partial charge in [0.15, 0.2) is 0 Å². The average molecular weight is 310 g/mol. The van der Waals surface area contributed by atoms with Crippen LogP contribution in [0, 0.1) is 19.8 Å². The van der Waals surface area contributed by atoms with Gasteiger partial charge in [-0.3, -0.25) is 4.68 Å². The second-order valence-corrected chi connectivity index (χ2v) is 6.28. The summed E-state index contributed by atoms with van der Waals surface area (Å²) in [5.74, 6) is 1.56. The quantitative estimate of drug-likeness (QED) is 0.892. The molecule has 0 amide bonds. The number of hydrogen-bond donors (Lipinski definition) is 1. The molecule has 5 nitrogen and oxygen atoms in total. The first-order chi connectivity index (χ1) is 9.90. The molecule has 2 aromatic rings. The average Bonchev–Trinajstić information content (AvgIpc) is 2.86. The molecular weight excluding hydrogens is 286 g/mol. The molecule has 0 aromatic carbocycles. The Morgan fingerprint density at radius 1 is 1.33 bits per heavy atom. The number of aryl methyl sites for hydroxylation is 1. The summed E-state index contributed by atoms with van der Waals surface area (Å²) in [4.78, 5) is 4.33. The molecule has 6 heteroatoms. The third-order valence-corrected chi connectivity index (χ3v) is 4.06. The Bertz CT molecular complexity index is 612. The molecule has 0 aliphatic rings. The number of hydrogen-bond acceptors (Lipinski definition) is 3. The summed E-state index contributed by atoms with van der Waals surface area (Å²) >= 11 is 6.03. The van der Waals surface area contributed by atoms with Crippen LogP contribution < -0.4 is 5.32 Å². The van der Waals surface area contributed by atoms with Crippen LogP contribution >= 0.6 is 11.6 Å². The van der Waals surface area contributed by atoms with E-state index < -0.39 is 0 Å². The van der Waals surface area contributed by atoms with Gasteiger partial charge in [0.1, 0.15) is 11.0 Å². The number of nitrogens with zero attached hydrogens (tertiary/aromatic N) is 4. The molecule has 0 saturated heterocycles. The zero-order chi connectivity index (χ0) is 15.6. The van der Waals surface area contributed by atoms with Gasteiger partial charge >= 0.3 is 0 Å². The van der Waals surface area contributed by atoms with Gasteiger partial charge in [-0.1, -0.05) is 25.4 Å². The summed E-state index contributed by atoms with van der Waals surface area (Å²) in [6, 6.07) is 0. The highest BCUT2D eigenvalue weighted by atomic mass is 35.5. The third-order valence-electron chi connectivity index (χ3n) is 3.70. The van der Waals surface area contributed by atoms with Crippen molar-refractivity contribution < 1.29 is 0 Å². The Hall–Kier alpha value is -1.33. The second-order valence-electron chi connectivity index (χ2n) is 5.89. The monoisotopic (exact) mass is 309 g/mol. The lowest BCUT2D eigenvalue weighted by molar-refractivity contribution is 0.550. The molecule has 0 bridgehead atoms. The molecule has 0 aliphatic carbocycles. The van der Waals surface area contributed by atoms with Crippen molar-refractivity contribution in [1.82, 2.24) is 24.6 Å². The molecule has 0 fully saturated rings. The van der Waals surface area contributed by atoms with Crippen molar-refractivity contribution in [1.29, 1.82) is 0 Å². The van der Waals surface area contributed by atoms with Crippen molar-refractivity contribution in [3.8, 4) is 0 Å². The van der Waals surface area contributed by atoms with Crippen molar-refractivity contribution in [2.45, 2.75) is 40.8 Å². The van der Waals surface area contributed by atoms with E-state index in [1.54, 1.807) is 6.20 Å². The molecule has 2 aromatic heterocycles. The first kappa shape index (κ1) is 16.0. The van der Waals surface area contributed by atoms with Gasteiger partial charge in [0.25, 0.3) is 0 Å². The number of rotatable bonds is 6. The van der Waals surface area contributed by atoms with Gasteiger partial charge in [-0.05, 0) is 26.3 Å². The summed E-state index contributed by atoms with van der Waals surface area (Å²) in [6.07, 6.45) is 1.67. The molecule has 1 N–H and O–H groups in total. The summed E-state index contributed by atoms with van der Waals surface area (Å²) in [6.45, 7) is 11.1. The molecule has 0 unspecified atom stereocenters. The van der Waals surface area contributed by atoms with E-state index in [-0.39, 0.29) is 0 Å². The second kappa shape index (κ2) is 6.62. The molecule has 116 valence electrons. The van der Waals surface area contributed by atoms with Crippen LogP contribution in [0.1, 0.15) is 36.6 Å². The molecule has 0 radical (unpaired) electrons. The van der Waals surface area contributed by atoms with Crippen molar-refractivity contribution in [3.05, 3.63) is 34.1 Å². The Morgan fingerprint density at radius 3 is 2.62 bits per heavy atom. The van der Waals surface area contributed by atoms with Crippen LogP contribution in [-0.4, -0.2) is 25.9 Å². The van der Waals surface area contributed by atoms with Crippen LogP contribution in [0.2, 0.25) is 5.15 Å². The van der Waals surface area contributed by atoms with Crippen LogP contribution in [0.4, 0.5) is 0 Å². The van der Waals surface area contributed by atoms with E-state index >= 15 is 0 Å². The zero-order valence-corrected chi connectivity index (χ0v) is 14.2. The molecule has 0 atom stereocenters. The van der Waals surface area contributed by atoms with Crippen LogP contribution in [-0.2, 0) is 20.1 Å². The van der Waals surface area contributed by atoms with E-state index in [0.717, 1.165) is 24.6 Å². The van der Waals surface area contributed by atoms with Crippen molar-refractivity contribution in [3.63, 3.8) is 0 Å². The molecule has 0 saturated carbocycles. The lowest BCUT2D eigenvalue weighted by atomic mass is 10.2. The lowest BCUT2D eigenvalue weighted by Crippen LogP contribution is -2.19.